The molecule has 0 bridgehead atoms. The van der Waals surface area contributed by atoms with Crippen LogP contribution in [0, 0.1) is 5.82 Å². The molecule has 1 atom stereocenters. The van der Waals surface area contributed by atoms with Crippen molar-refractivity contribution in [3.63, 3.8) is 0 Å². The zero-order valence-corrected chi connectivity index (χ0v) is 12.0. The molecule has 0 saturated heterocycles. The first-order valence-electron chi connectivity index (χ1n) is 6.77. The first kappa shape index (κ1) is 13.6. The SMILES string of the molecule is CN(C)c1cccc(C(N)c2cc3cccc(F)c3o2)c1. The first-order valence-corrected chi connectivity index (χ1v) is 6.77. The van der Waals surface area contributed by atoms with Crippen molar-refractivity contribution >= 4 is 16.7 Å². The summed E-state index contributed by atoms with van der Waals surface area (Å²) >= 11 is 0. The molecule has 0 amide bonds. The van der Waals surface area contributed by atoms with Gasteiger partial charge in [-0.25, -0.2) is 4.39 Å². The number of halogens is 1. The molecule has 2 aromatic carbocycles. The topological polar surface area (TPSA) is 42.4 Å². The lowest BCUT2D eigenvalue weighted by Crippen LogP contribution is -2.13. The highest BCUT2D eigenvalue weighted by Crippen LogP contribution is 2.29. The van der Waals surface area contributed by atoms with Gasteiger partial charge in [0.05, 0.1) is 6.04 Å². The van der Waals surface area contributed by atoms with Gasteiger partial charge >= 0.3 is 0 Å². The van der Waals surface area contributed by atoms with Gasteiger partial charge in [-0.05, 0) is 29.8 Å². The Morgan fingerprint density at radius 2 is 1.86 bits per heavy atom. The van der Waals surface area contributed by atoms with Gasteiger partial charge in [0.25, 0.3) is 0 Å². The van der Waals surface area contributed by atoms with Gasteiger partial charge in [-0.2, -0.15) is 0 Å². The van der Waals surface area contributed by atoms with Crippen molar-refractivity contribution in [1.82, 2.24) is 0 Å². The largest absolute Gasteiger partial charge is 0.456 e. The summed E-state index contributed by atoms with van der Waals surface area (Å²) in [5.74, 6) is 0.194. The van der Waals surface area contributed by atoms with Gasteiger partial charge in [0.2, 0.25) is 0 Å². The summed E-state index contributed by atoms with van der Waals surface area (Å²) in [5.41, 5.74) is 8.51. The monoisotopic (exact) mass is 284 g/mol. The van der Waals surface area contributed by atoms with Crippen molar-refractivity contribution in [3.8, 4) is 0 Å². The van der Waals surface area contributed by atoms with E-state index in [1.165, 1.54) is 6.07 Å². The van der Waals surface area contributed by atoms with Crippen LogP contribution in [0.1, 0.15) is 17.4 Å². The summed E-state index contributed by atoms with van der Waals surface area (Å²) in [6, 6.07) is 14.2. The zero-order valence-electron chi connectivity index (χ0n) is 12.0. The van der Waals surface area contributed by atoms with Crippen LogP contribution >= 0.6 is 0 Å². The second-order valence-electron chi connectivity index (χ2n) is 5.27. The molecule has 1 unspecified atom stereocenters. The minimum atomic E-state index is -0.420. The Balaban J connectivity index is 2.02. The summed E-state index contributed by atoms with van der Waals surface area (Å²) in [4.78, 5) is 2.01. The molecule has 3 rings (SSSR count). The summed E-state index contributed by atoms with van der Waals surface area (Å²) in [6.45, 7) is 0. The van der Waals surface area contributed by atoms with Crippen molar-refractivity contribution in [2.75, 3.05) is 19.0 Å². The second kappa shape index (κ2) is 5.22. The minimum Gasteiger partial charge on any atom is -0.456 e. The Morgan fingerprint density at radius 1 is 1.10 bits per heavy atom. The van der Waals surface area contributed by atoms with E-state index in [1.807, 2.05) is 49.3 Å². The molecule has 0 aliphatic rings. The van der Waals surface area contributed by atoms with E-state index >= 15 is 0 Å². The standard InChI is InChI=1S/C17H17FN2O/c1-20(2)13-7-3-5-11(9-13)16(19)15-10-12-6-4-8-14(18)17(12)21-15/h3-10,16H,19H2,1-2H3. The van der Waals surface area contributed by atoms with Crippen LogP contribution in [0.25, 0.3) is 11.0 Å². The average molecular weight is 284 g/mol. The third-order valence-electron chi connectivity index (χ3n) is 3.57. The van der Waals surface area contributed by atoms with Gasteiger partial charge in [0.1, 0.15) is 5.76 Å². The lowest BCUT2D eigenvalue weighted by atomic mass is 10.0. The molecule has 0 radical (unpaired) electrons. The summed E-state index contributed by atoms with van der Waals surface area (Å²) in [5, 5.41) is 0.726. The Kier molecular flexibility index (Phi) is 3.39. The normalized spacial score (nSPS) is 12.6. The van der Waals surface area contributed by atoms with Crippen LogP contribution in [-0.2, 0) is 0 Å². The Morgan fingerprint density at radius 3 is 2.57 bits per heavy atom. The van der Waals surface area contributed by atoms with E-state index in [0.717, 1.165) is 16.6 Å². The number of para-hydroxylation sites is 1. The maximum Gasteiger partial charge on any atom is 0.169 e. The van der Waals surface area contributed by atoms with Crippen LogP contribution in [0.4, 0.5) is 10.1 Å². The number of nitrogens with zero attached hydrogens (tertiary/aromatic N) is 1. The van der Waals surface area contributed by atoms with Gasteiger partial charge < -0.3 is 15.1 Å². The van der Waals surface area contributed by atoms with E-state index in [9.17, 15) is 4.39 Å². The van der Waals surface area contributed by atoms with E-state index in [-0.39, 0.29) is 11.4 Å². The third kappa shape index (κ3) is 2.50. The summed E-state index contributed by atoms with van der Waals surface area (Å²) in [6.07, 6.45) is 0. The Labute approximate surface area is 122 Å². The lowest BCUT2D eigenvalue weighted by molar-refractivity contribution is 0.502. The fourth-order valence-electron chi connectivity index (χ4n) is 2.36. The van der Waals surface area contributed by atoms with Gasteiger partial charge in [0.15, 0.2) is 11.4 Å². The van der Waals surface area contributed by atoms with Crippen LogP contribution < -0.4 is 10.6 Å². The fraction of sp³-hybridized carbons (Fsp3) is 0.176. The number of hydrogen-bond donors (Lipinski definition) is 1. The van der Waals surface area contributed by atoms with E-state index in [2.05, 4.69) is 0 Å². The van der Waals surface area contributed by atoms with E-state index in [1.54, 1.807) is 12.1 Å². The molecule has 108 valence electrons. The number of benzene rings is 2. The van der Waals surface area contributed by atoms with E-state index < -0.39 is 6.04 Å². The van der Waals surface area contributed by atoms with Crippen LogP contribution in [-0.4, -0.2) is 14.1 Å². The molecule has 0 aliphatic heterocycles. The predicted octanol–water partition coefficient (Wildman–Crippen LogP) is 3.69. The number of nitrogens with two attached hydrogens (primary N) is 1. The number of fused-ring (bicyclic) bond motifs is 1. The molecule has 3 aromatic rings. The fourth-order valence-corrected chi connectivity index (χ4v) is 2.36. The highest BCUT2D eigenvalue weighted by atomic mass is 19.1. The molecule has 0 aliphatic carbocycles. The van der Waals surface area contributed by atoms with Gasteiger partial charge in [-0.15, -0.1) is 0 Å². The Bertz CT molecular complexity index is 779. The van der Waals surface area contributed by atoms with Crippen molar-refractivity contribution in [1.29, 1.82) is 0 Å². The molecule has 3 nitrogen and oxygen atoms in total. The zero-order chi connectivity index (χ0) is 15.0. The lowest BCUT2D eigenvalue weighted by Gasteiger charge is -2.15. The van der Waals surface area contributed by atoms with Crippen LogP contribution in [0.3, 0.4) is 0 Å². The van der Waals surface area contributed by atoms with Gasteiger partial charge in [-0.3, -0.25) is 0 Å². The highest BCUT2D eigenvalue weighted by Gasteiger charge is 2.16. The second-order valence-corrected chi connectivity index (χ2v) is 5.27. The molecule has 2 N–H and O–H groups in total. The van der Waals surface area contributed by atoms with Crippen LogP contribution in [0.2, 0.25) is 0 Å². The van der Waals surface area contributed by atoms with Crippen LogP contribution in [0.15, 0.2) is 52.9 Å². The molecular weight excluding hydrogens is 267 g/mol. The smallest absolute Gasteiger partial charge is 0.169 e. The van der Waals surface area contributed by atoms with E-state index in [4.69, 9.17) is 10.2 Å². The maximum absolute atomic E-state index is 13.7. The third-order valence-corrected chi connectivity index (χ3v) is 3.57. The first-order chi connectivity index (χ1) is 10.1. The molecule has 21 heavy (non-hydrogen) atoms. The maximum atomic E-state index is 13.7. The van der Waals surface area contributed by atoms with E-state index in [0.29, 0.717) is 5.76 Å². The molecule has 0 fully saturated rings. The van der Waals surface area contributed by atoms with Gasteiger partial charge in [0, 0.05) is 25.2 Å². The molecule has 1 aromatic heterocycles. The highest BCUT2D eigenvalue weighted by molar-refractivity contribution is 5.78. The molecule has 0 spiro atoms. The average Bonchev–Trinajstić information content (AvgIpc) is 2.92. The van der Waals surface area contributed by atoms with Gasteiger partial charge in [-0.1, -0.05) is 24.3 Å². The molecule has 0 saturated carbocycles. The summed E-state index contributed by atoms with van der Waals surface area (Å²) < 4.78 is 19.3. The van der Waals surface area contributed by atoms with Crippen molar-refractivity contribution in [2.24, 2.45) is 5.73 Å². The quantitative estimate of drug-likeness (QED) is 0.797. The van der Waals surface area contributed by atoms with Crippen molar-refractivity contribution in [3.05, 3.63) is 65.7 Å². The number of hydrogen-bond acceptors (Lipinski definition) is 3. The van der Waals surface area contributed by atoms with Crippen molar-refractivity contribution in [2.45, 2.75) is 6.04 Å². The Hall–Kier alpha value is -2.33. The van der Waals surface area contributed by atoms with Crippen molar-refractivity contribution < 1.29 is 8.81 Å². The minimum absolute atomic E-state index is 0.256. The van der Waals surface area contributed by atoms with Crippen LogP contribution in [0.5, 0.6) is 0 Å². The predicted molar refractivity (Wildman–Crippen MR) is 83.0 cm³/mol. The molecule has 4 heteroatoms. The number of furan rings is 1. The number of anilines is 1. The molecule has 1 heterocycles. The molecular formula is C17H17FN2O. The number of rotatable bonds is 3. The summed E-state index contributed by atoms with van der Waals surface area (Å²) in [7, 11) is 3.95.